The molecule has 1 aromatic heterocycles. The van der Waals surface area contributed by atoms with Crippen LogP contribution in [0.4, 0.5) is 0 Å². The molecule has 1 aliphatic heterocycles. The van der Waals surface area contributed by atoms with Crippen LogP contribution < -0.4 is 4.74 Å². The van der Waals surface area contributed by atoms with Crippen LogP contribution in [0, 0.1) is 0 Å². The minimum Gasteiger partial charge on any atom is -0.490 e. The molecular formula is C15H16N2O5. The Hall–Kier alpha value is -2.41. The van der Waals surface area contributed by atoms with Crippen LogP contribution in [0.5, 0.6) is 5.75 Å². The molecule has 3 rings (SSSR count). The second-order valence-corrected chi connectivity index (χ2v) is 5.07. The summed E-state index contributed by atoms with van der Waals surface area (Å²) < 4.78 is 17.2. The van der Waals surface area contributed by atoms with Gasteiger partial charge in [0.2, 0.25) is 5.91 Å². The van der Waals surface area contributed by atoms with Crippen molar-refractivity contribution >= 4 is 22.8 Å². The minimum atomic E-state index is -0.407. The number of carbonyl (C=O) groups excluding carboxylic acids is 2. The Labute approximate surface area is 126 Å². The quantitative estimate of drug-likeness (QED) is 0.615. The van der Waals surface area contributed by atoms with Crippen molar-refractivity contribution in [1.82, 2.24) is 9.78 Å². The van der Waals surface area contributed by atoms with Gasteiger partial charge in [0.05, 0.1) is 17.5 Å². The van der Waals surface area contributed by atoms with E-state index in [-0.39, 0.29) is 18.6 Å². The first-order chi connectivity index (χ1) is 10.6. The number of hydrogen-bond acceptors (Lipinski definition) is 6. The number of fused-ring (bicyclic) bond motifs is 1. The Morgan fingerprint density at radius 1 is 1.41 bits per heavy atom. The number of rotatable bonds is 5. The first kappa shape index (κ1) is 14.5. The normalized spacial score (nSPS) is 16.5. The number of nitrogens with zero attached hydrogens (tertiary/aromatic N) is 2. The first-order valence-electron chi connectivity index (χ1n) is 6.95. The van der Waals surface area contributed by atoms with Crippen LogP contribution >= 0.6 is 0 Å². The van der Waals surface area contributed by atoms with Crippen LogP contribution in [0.1, 0.15) is 24.3 Å². The van der Waals surface area contributed by atoms with E-state index in [1.807, 2.05) is 0 Å². The van der Waals surface area contributed by atoms with Gasteiger partial charge in [0.1, 0.15) is 30.8 Å². The molecule has 0 spiro atoms. The van der Waals surface area contributed by atoms with Gasteiger partial charge in [0, 0.05) is 13.8 Å². The summed E-state index contributed by atoms with van der Waals surface area (Å²) in [6.45, 7) is 3.88. The molecule has 7 nitrogen and oxygen atoms in total. The van der Waals surface area contributed by atoms with E-state index < -0.39 is 5.97 Å². The number of carbonyl (C=O) groups is 2. The molecule has 2 aromatic rings. The zero-order chi connectivity index (χ0) is 15.7. The summed E-state index contributed by atoms with van der Waals surface area (Å²) in [5.74, 6) is -0.0280. The van der Waals surface area contributed by atoms with E-state index in [0.717, 1.165) is 0 Å². The molecule has 1 aromatic carbocycles. The second-order valence-electron chi connectivity index (χ2n) is 5.07. The van der Waals surface area contributed by atoms with E-state index in [4.69, 9.17) is 14.2 Å². The zero-order valence-electron chi connectivity index (χ0n) is 12.4. The van der Waals surface area contributed by atoms with E-state index in [9.17, 15) is 9.59 Å². The van der Waals surface area contributed by atoms with Crippen molar-refractivity contribution in [1.29, 1.82) is 0 Å². The van der Waals surface area contributed by atoms with Crippen molar-refractivity contribution in [3.05, 3.63) is 23.9 Å². The maximum Gasteiger partial charge on any atom is 0.303 e. The van der Waals surface area contributed by atoms with E-state index in [1.54, 1.807) is 18.2 Å². The SMILES string of the molecule is CC(=O)OCc1nn(C(C)=O)c2cccc(OCC3CO3)c12. The highest BCUT2D eigenvalue weighted by molar-refractivity contribution is 5.95. The van der Waals surface area contributed by atoms with E-state index in [2.05, 4.69) is 5.10 Å². The van der Waals surface area contributed by atoms with E-state index in [1.165, 1.54) is 18.5 Å². The average molecular weight is 304 g/mol. The van der Waals surface area contributed by atoms with Gasteiger partial charge in [-0.2, -0.15) is 9.78 Å². The fourth-order valence-electron chi connectivity index (χ4n) is 2.19. The fourth-order valence-corrected chi connectivity index (χ4v) is 2.19. The lowest BCUT2D eigenvalue weighted by atomic mass is 10.2. The van der Waals surface area contributed by atoms with Gasteiger partial charge in [0.15, 0.2) is 0 Å². The Balaban J connectivity index is 2.01. The Kier molecular flexibility index (Phi) is 3.81. The van der Waals surface area contributed by atoms with Crippen molar-refractivity contribution in [3.8, 4) is 5.75 Å². The molecule has 7 heteroatoms. The van der Waals surface area contributed by atoms with Gasteiger partial charge >= 0.3 is 5.97 Å². The molecule has 0 amide bonds. The minimum absolute atomic E-state index is 0.00752. The predicted octanol–water partition coefficient (Wildman–Crippen LogP) is 1.54. The number of ether oxygens (including phenoxy) is 3. The smallest absolute Gasteiger partial charge is 0.303 e. The highest BCUT2D eigenvalue weighted by atomic mass is 16.6. The zero-order valence-corrected chi connectivity index (χ0v) is 12.4. The van der Waals surface area contributed by atoms with Gasteiger partial charge in [-0.05, 0) is 12.1 Å². The van der Waals surface area contributed by atoms with Crippen LogP contribution in [0.2, 0.25) is 0 Å². The summed E-state index contributed by atoms with van der Waals surface area (Å²) in [6.07, 6.45) is 0.120. The molecule has 1 unspecified atom stereocenters. The Morgan fingerprint density at radius 3 is 2.82 bits per heavy atom. The summed E-state index contributed by atoms with van der Waals surface area (Å²) in [6, 6.07) is 5.37. The lowest BCUT2D eigenvalue weighted by molar-refractivity contribution is -0.142. The third-order valence-corrected chi connectivity index (χ3v) is 3.28. The highest BCUT2D eigenvalue weighted by Gasteiger charge is 2.24. The number of aromatic nitrogens is 2. The maximum absolute atomic E-state index is 11.7. The predicted molar refractivity (Wildman–Crippen MR) is 76.7 cm³/mol. The summed E-state index contributed by atoms with van der Waals surface area (Å²) >= 11 is 0. The van der Waals surface area contributed by atoms with Gasteiger partial charge in [-0.25, -0.2) is 0 Å². The lowest BCUT2D eigenvalue weighted by Crippen LogP contribution is -2.08. The topological polar surface area (TPSA) is 83.0 Å². The van der Waals surface area contributed by atoms with Gasteiger partial charge < -0.3 is 14.2 Å². The highest BCUT2D eigenvalue weighted by Crippen LogP contribution is 2.30. The molecule has 2 heterocycles. The standard InChI is InChI=1S/C15H16N2O5/c1-9(18)17-13-4-3-5-14(22-7-11-6-21-11)15(13)12(16-17)8-20-10(2)19/h3-5,11H,6-8H2,1-2H3. The molecule has 0 aliphatic carbocycles. The maximum atomic E-state index is 11.7. The molecule has 0 N–H and O–H groups in total. The summed E-state index contributed by atoms with van der Waals surface area (Å²) in [5, 5.41) is 4.92. The Morgan fingerprint density at radius 2 is 2.18 bits per heavy atom. The van der Waals surface area contributed by atoms with Crippen LogP contribution in [0.3, 0.4) is 0 Å². The van der Waals surface area contributed by atoms with Crippen LogP contribution in [-0.2, 0) is 20.9 Å². The van der Waals surface area contributed by atoms with Crippen molar-refractivity contribution in [2.75, 3.05) is 13.2 Å². The fraction of sp³-hybridized carbons (Fsp3) is 0.400. The molecule has 1 fully saturated rings. The van der Waals surface area contributed by atoms with E-state index in [0.29, 0.717) is 35.6 Å². The largest absolute Gasteiger partial charge is 0.490 e. The monoisotopic (exact) mass is 304 g/mol. The van der Waals surface area contributed by atoms with Crippen LogP contribution in [-0.4, -0.2) is 41.0 Å². The van der Waals surface area contributed by atoms with Crippen molar-refractivity contribution in [2.24, 2.45) is 0 Å². The van der Waals surface area contributed by atoms with Crippen molar-refractivity contribution in [3.63, 3.8) is 0 Å². The molecular weight excluding hydrogens is 288 g/mol. The molecule has 1 atom stereocenters. The van der Waals surface area contributed by atoms with Crippen LogP contribution in [0.25, 0.3) is 10.9 Å². The molecule has 1 aliphatic rings. The molecule has 116 valence electrons. The van der Waals surface area contributed by atoms with Crippen molar-refractivity contribution < 1.29 is 23.8 Å². The first-order valence-corrected chi connectivity index (χ1v) is 6.95. The van der Waals surface area contributed by atoms with Gasteiger partial charge in [0.25, 0.3) is 0 Å². The third-order valence-electron chi connectivity index (χ3n) is 3.28. The van der Waals surface area contributed by atoms with Gasteiger partial charge in [-0.3, -0.25) is 9.59 Å². The number of hydrogen-bond donors (Lipinski definition) is 0. The summed E-state index contributed by atoms with van der Waals surface area (Å²) in [4.78, 5) is 22.8. The average Bonchev–Trinajstić information content (AvgIpc) is 3.22. The van der Waals surface area contributed by atoms with Gasteiger partial charge in [-0.1, -0.05) is 6.07 Å². The molecule has 0 saturated carbocycles. The van der Waals surface area contributed by atoms with Crippen molar-refractivity contribution in [2.45, 2.75) is 26.6 Å². The molecule has 1 saturated heterocycles. The molecule has 22 heavy (non-hydrogen) atoms. The lowest BCUT2D eigenvalue weighted by Gasteiger charge is -2.07. The number of epoxide rings is 1. The third kappa shape index (κ3) is 2.94. The second kappa shape index (κ2) is 5.76. The number of esters is 1. The molecule has 0 radical (unpaired) electrons. The van der Waals surface area contributed by atoms with E-state index >= 15 is 0 Å². The Bertz CT molecular complexity index is 733. The summed E-state index contributed by atoms with van der Waals surface area (Å²) in [7, 11) is 0. The summed E-state index contributed by atoms with van der Waals surface area (Å²) in [5.41, 5.74) is 1.12. The number of benzene rings is 1. The van der Waals surface area contributed by atoms with Crippen LogP contribution in [0.15, 0.2) is 18.2 Å². The molecule has 0 bridgehead atoms. The van der Waals surface area contributed by atoms with Gasteiger partial charge in [-0.15, -0.1) is 0 Å².